The molecule has 1 aliphatic heterocycles. The fraction of sp³-hybridized carbons (Fsp3) is 0.476. The van der Waals surface area contributed by atoms with Gasteiger partial charge in [-0.2, -0.15) is 5.26 Å². The van der Waals surface area contributed by atoms with Crippen LogP contribution in [0.5, 0.6) is 0 Å². The Morgan fingerprint density at radius 2 is 2.17 bits per heavy atom. The highest BCUT2D eigenvalue weighted by Gasteiger charge is 2.33. The highest BCUT2D eigenvalue weighted by Crippen LogP contribution is 2.40. The Labute approximate surface area is 167 Å². The number of fused-ring (bicyclic) bond motifs is 1. The van der Waals surface area contributed by atoms with Crippen molar-refractivity contribution in [2.45, 2.75) is 44.7 Å². The predicted octanol–water partition coefficient (Wildman–Crippen LogP) is 2.55. The van der Waals surface area contributed by atoms with Gasteiger partial charge in [0.1, 0.15) is 11.4 Å². The maximum Gasteiger partial charge on any atom is 0.341 e. The summed E-state index contributed by atoms with van der Waals surface area (Å²) in [5.74, 6) is -1.74. The van der Waals surface area contributed by atoms with Crippen molar-refractivity contribution in [3.8, 4) is 6.07 Å². The van der Waals surface area contributed by atoms with Crippen LogP contribution in [0.15, 0.2) is 17.1 Å². The van der Waals surface area contributed by atoms with Gasteiger partial charge in [0.25, 0.3) is 0 Å². The van der Waals surface area contributed by atoms with Gasteiger partial charge in [0.05, 0.1) is 23.7 Å². The van der Waals surface area contributed by atoms with E-state index in [1.165, 1.54) is 12.3 Å². The first-order valence-corrected chi connectivity index (χ1v) is 9.82. The van der Waals surface area contributed by atoms with E-state index in [9.17, 15) is 14.7 Å². The summed E-state index contributed by atoms with van der Waals surface area (Å²) in [6.07, 6.45) is 4.23. The normalized spacial score (nSPS) is 20.1. The Balaban J connectivity index is 1.85. The van der Waals surface area contributed by atoms with E-state index in [2.05, 4.69) is 6.07 Å². The molecule has 0 radical (unpaired) electrons. The van der Waals surface area contributed by atoms with Crippen LogP contribution in [-0.2, 0) is 0 Å². The Morgan fingerprint density at radius 1 is 1.45 bits per heavy atom. The standard InChI is InChI=1S/C21H23FN4O3/c1-11-18-14(20(27)15(21(28)29)10-26(18)13-2-3-13)8-16(22)19(11)25-7-5-12(9-25)17(24)4-6-23/h8,10,12-13,17H,2-5,7,9,24H2,1H3,(H,28,29). The van der Waals surface area contributed by atoms with Crippen LogP contribution in [0.25, 0.3) is 10.9 Å². The van der Waals surface area contributed by atoms with Crippen LogP contribution in [0.2, 0.25) is 0 Å². The minimum atomic E-state index is -1.30. The number of pyridine rings is 1. The number of benzene rings is 1. The number of halogens is 1. The highest BCUT2D eigenvalue weighted by molar-refractivity contribution is 5.95. The lowest BCUT2D eigenvalue weighted by atomic mass is 9.97. The lowest BCUT2D eigenvalue weighted by Gasteiger charge is -2.25. The molecule has 1 saturated carbocycles. The molecule has 0 spiro atoms. The molecule has 0 bridgehead atoms. The van der Waals surface area contributed by atoms with E-state index in [4.69, 9.17) is 11.0 Å². The first-order valence-electron chi connectivity index (χ1n) is 9.82. The summed E-state index contributed by atoms with van der Waals surface area (Å²) < 4.78 is 17.0. The fourth-order valence-electron chi connectivity index (χ4n) is 4.46. The summed E-state index contributed by atoms with van der Waals surface area (Å²) in [6, 6.07) is 3.14. The van der Waals surface area contributed by atoms with Gasteiger partial charge in [-0.1, -0.05) is 0 Å². The topological polar surface area (TPSA) is 112 Å². The lowest BCUT2D eigenvalue weighted by Crippen LogP contribution is -2.32. The van der Waals surface area contributed by atoms with Crippen molar-refractivity contribution in [3.63, 3.8) is 0 Å². The van der Waals surface area contributed by atoms with Gasteiger partial charge in [-0.25, -0.2) is 9.18 Å². The molecule has 7 nitrogen and oxygen atoms in total. The maximum atomic E-state index is 15.1. The molecule has 3 N–H and O–H groups in total. The first kappa shape index (κ1) is 19.4. The van der Waals surface area contributed by atoms with Gasteiger partial charge in [-0.05, 0) is 43.7 Å². The van der Waals surface area contributed by atoms with Gasteiger partial charge in [-0.3, -0.25) is 4.79 Å². The highest BCUT2D eigenvalue weighted by atomic mass is 19.1. The molecule has 1 saturated heterocycles. The first-order chi connectivity index (χ1) is 13.8. The van der Waals surface area contributed by atoms with E-state index in [1.807, 2.05) is 9.47 Å². The molecule has 29 heavy (non-hydrogen) atoms. The molecule has 2 heterocycles. The Hall–Kier alpha value is -2.92. The van der Waals surface area contributed by atoms with Gasteiger partial charge >= 0.3 is 5.97 Å². The summed E-state index contributed by atoms with van der Waals surface area (Å²) in [4.78, 5) is 26.1. The van der Waals surface area contributed by atoms with Crippen molar-refractivity contribution in [2.24, 2.45) is 11.7 Å². The van der Waals surface area contributed by atoms with Crippen LogP contribution in [-0.4, -0.2) is 34.8 Å². The van der Waals surface area contributed by atoms with Crippen molar-refractivity contribution in [2.75, 3.05) is 18.0 Å². The SMILES string of the molecule is Cc1c(N2CCC(C(N)CC#N)C2)c(F)cc2c(=O)c(C(=O)O)cn(C3CC3)c12. The molecule has 1 aromatic carbocycles. The van der Waals surface area contributed by atoms with Gasteiger partial charge in [0.15, 0.2) is 0 Å². The lowest BCUT2D eigenvalue weighted by molar-refractivity contribution is 0.0695. The number of aryl methyl sites for hydroxylation is 1. The largest absolute Gasteiger partial charge is 0.477 e. The number of aromatic nitrogens is 1. The molecule has 0 amide bonds. The van der Waals surface area contributed by atoms with Gasteiger partial charge in [-0.15, -0.1) is 0 Å². The van der Waals surface area contributed by atoms with E-state index in [-0.39, 0.29) is 35.4 Å². The number of carboxylic acids is 1. The molecule has 152 valence electrons. The minimum Gasteiger partial charge on any atom is -0.477 e. The second-order valence-corrected chi connectivity index (χ2v) is 8.06. The van der Waals surface area contributed by atoms with E-state index >= 15 is 4.39 Å². The fourth-order valence-corrected chi connectivity index (χ4v) is 4.46. The van der Waals surface area contributed by atoms with Crippen LogP contribution in [0.4, 0.5) is 10.1 Å². The zero-order chi connectivity index (χ0) is 20.9. The zero-order valence-corrected chi connectivity index (χ0v) is 16.2. The molecular weight excluding hydrogens is 375 g/mol. The Bertz CT molecular complexity index is 1100. The Morgan fingerprint density at radius 3 is 2.79 bits per heavy atom. The van der Waals surface area contributed by atoms with E-state index in [0.717, 1.165) is 19.3 Å². The average molecular weight is 398 g/mol. The summed E-state index contributed by atoms with van der Waals surface area (Å²) in [6.45, 7) is 2.95. The van der Waals surface area contributed by atoms with Crippen LogP contribution < -0.4 is 16.1 Å². The third-order valence-electron chi connectivity index (χ3n) is 6.12. The number of rotatable bonds is 5. The van der Waals surface area contributed by atoms with Crippen LogP contribution in [0.3, 0.4) is 0 Å². The molecule has 2 fully saturated rings. The van der Waals surface area contributed by atoms with Crippen molar-refractivity contribution < 1.29 is 14.3 Å². The monoisotopic (exact) mass is 398 g/mol. The minimum absolute atomic E-state index is 0.101. The van der Waals surface area contributed by atoms with Crippen molar-refractivity contribution in [1.82, 2.24) is 4.57 Å². The maximum absolute atomic E-state index is 15.1. The number of aromatic carboxylic acids is 1. The second-order valence-electron chi connectivity index (χ2n) is 8.06. The molecule has 2 unspecified atom stereocenters. The van der Waals surface area contributed by atoms with Gasteiger partial charge < -0.3 is 20.3 Å². The van der Waals surface area contributed by atoms with Crippen molar-refractivity contribution in [3.05, 3.63) is 39.4 Å². The van der Waals surface area contributed by atoms with Gasteiger partial charge in [0, 0.05) is 36.8 Å². The molecule has 2 atom stereocenters. The van der Waals surface area contributed by atoms with E-state index in [1.54, 1.807) is 6.92 Å². The number of nitrogens with zero attached hydrogens (tertiary/aromatic N) is 3. The van der Waals surface area contributed by atoms with Gasteiger partial charge in [0.2, 0.25) is 5.43 Å². The molecule has 1 aliphatic carbocycles. The number of anilines is 1. The molecular formula is C21H23FN4O3. The number of carbonyl (C=O) groups is 1. The molecule has 8 heteroatoms. The van der Waals surface area contributed by atoms with Crippen LogP contribution >= 0.6 is 0 Å². The Kier molecular flexibility index (Phi) is 4.79. The quantitative estimate of drug-likeness (QED) is 0.800. The summed E-state index contributed by atoms with van der Waals surface area (Å²) >= 11 is 0. The summed E-state index contributed by atoms with van der Waals surface area (Å²) in [5, 5.41) is 18.4. The zero-order valence-electron chi connectivity index (χ0n) is 16.2. The average Bonchev–Trinajstić information content (AvgIpc) is 3.40. The van der Waals surface area contributed by atoms with Crippen molar-refractivity contribution in [1.29, 1.82) is 5.26 Å². The third kappa shape index (κ3) is 3.25. The van der Waals surface area contributed by atoms with E-state index < -0.39 is 17.2 Å². The smallest absolute Gasteiger partial charge is 0.341 e. The molecule has 1 aromatic heterocycles. The molecule has 4 rings (SSSR count). The number of nitriles is 1. The number of hydrogen-bond acceptors (Lipinski definition) is 5. The second kappa shape index (κ2) is 7.16. The van der Waals surface area contributed by atoms with Crippen LogP contribution in [0, 0.1) is 30.0 Å². The predicted molar refractivity (Wildman–Crippen MR) is 107 cm³/mol. The number of carboxylic acid groups (broad SMARTS) is 1. The van der Waals surface area contributed by atoms with Crippen molar-refractivity contribution >= 4 is 22.6 Å². The molecule has 2 aliphatic rings. The number of hydrogen-bond donors (Lipinski definition) is 2. The molecule has 2 aromatic rings. The van der Waals surface area contributed by atoms with E-state index in [0.29, 0.717) is 29.9 Å². The summed E-state index contributed by atoms with van der Waals surface area (Å²) in [5.41, 5.74) is 6.76. The third-order valence-corrected chi connectivity index (χ3v) is 6.12. The van der Waals surface area contributed by atoms with Crippen LogP contribution in [0.1, 0.15) is 47.6 Å². The number of nitrogens with two attached hydrogens (primary N) is 1. The summed E-state index contributed by atoms with van der Waals surface area (Å²) in [7, 11) is 0.